The lowest BCUT2D eigenvalue weighted by molar-refractivity contribution is 0.104. The number of ketones is 1. The van der Waals surface area contributed by atoms with Gasteiger partial charge in [0.1, 0.15) is 0 Å². The van der Waals surface area contributed by atoms with Gasteiger partial charge in [-0.3, -0.25) is 18.7 Å². The van der Waals surface area contributed by atoms with Crippen LogP contribution in [0.25, 0.3) is 33.4 Å². The number of carbonyl (C=O) groups excluding carboxylic acids is 1. The van der Waals surface area contributed by atoms with Crippen LogP contribution in [0, 0.1) is 0 Å². The summed E-state index contributed by atoms with van der Waals surface area (Å²) in [5.41, 5.74) is 2.71. The molecule has 0 spiro atoms. The third-order valence-electron chi connectivity index (χ3n) is 5.37. The largest absolute Gasteiger partial charge is 0.332 e. The fourth-order valence-corrected chi connectivity index (χ4v) is 4.20. The number of rotatable bonds is 1. The summed E-state index contributed by atoms with van der Waals surface area (Å²) in [6.45, 7) is 0. The van der Waals surface area contributed by atoms with E-state index in [1.807, 2.05) is 36.4 Å². The number of aryl methyl sites for hydroxylation is 1. The Kier molecular flexibility index (Phi) is 3.73. The first kappa shape index (κ1) is 17.8. The Bertz CT molecular complexity index is 1480. The Morgan fingerprint density at radius 2 is 1.48 bits per heavy atom. The zero-order valence-electron chi connectivity index (χ0n) is 15.6. The molecule has 0 atom stereocenters. The van der Waals surface area contributed by atoms with Gasteiger partial charge in [0.05, 0.1) is 16.6 Å². The topological polar surface area (TPSA) is 74.0 Å². The predicted molar refractivity (Wildman–Crippen MR) is 114 cm³/mol. The van der Waals surface area contributed by atoms with Gasteiger partial charge in [0.2, 0.25) is 0 Å². The second-order valence-corrected chi connectivity index (χ2v) is 7.91. The zero-order valence-corrected chi connectivity index (χ0v) is 17.1. The summed E-state index contributed by atoms with van der Waals surface area (Å²) in [7, 11) is 3.01. The molecule has 7 heteroatoms. The molecule has 0 radical (unpaired) electrons. The lowest BCUT2D eigenvalue weighted by atomic mass is 9.95. The summed E-state index contributed by atoms with van der Waals surface area (Å²) in [5.74, 6) is -0.168. The Balaban J connectivity index is 2.07. The van der Waals surface area contributed by atoms with Crippen molar-refractivity contribution in [3.8, 4) is 22.4 Å². The fourth-order valence-electron chi connectivity index (χ4n) is 3.93. The molecular formula is C22H14BrN3O3. The van der Waals surface area contributed by atoms with Crippen molar-refractivity contribution in [2.24, 2.45) is 14.1 Å². The molecular weight excluding hydrogens is 434 g/mol. The Morgan fingerprint density at radius 3 is 2.17 bits per heavy atom. The number of nitrogens with zero attached hydrogens (tertiary/aromatic N) is 3. The van der Waals surface area contributed by atoms with Crippen molar-refractivity contribution in [3.63, 3.8) is 0 Å². The van der Waals surface area contributed by atoms with Crippen molar-refractivity contribution in [1.82, 2.24) is 14.1 Å². The van der Waals surface area contributed by atoms with Crippen molar-refractivity contribution < 1.29 is 4.79 Å². The van der Waals surface area contributed by atoms with Crippen molar-refractivity contribution in [3.05, 3.63) is 85.0 Å². The molecule has 0 N–H and O–H groups in total. The monoisotopic (exact) mass is 447 g/mol. The molecule has 0 saturated heterocycles. The van der Waals surface area contributed by atoms with E-state index in [1.54, 1.807) is 19.2 Å². The Hall–Kier alpha value is -3.32. The van der Waals surface area contributed by atoms with Gasteiger partial charge in [-0.15, -0.1) is 0 Å². The molecule has 29 heavy (non-hydrogen) atoms. The van der Waals surface area contributed by atoms with Gasteiger partial charge >= 0.3 is 5.69 Å². The molecule has 2 aromatic heterocycles. The van der Waals surface area contributed by atoms with Crippen LogP contribution in [0.3, 0.4) is 0 Å². The number of hydrogen-bond acceptors (Lipinski definition) is 4. The maximum atomic E-state index is 13.3. The van der Waals surface area contributed by atoms with E-state index in [9.17, 15) is 14.4 Å². The first-order valence-corrected chi connectivity index (χ1v) is 9.73. The van der Waals surface area contributed by atoms with E-state index in [0.29, 0.717) is 33.5 Å². The predicted octanol–water partition coefficient (Wildman–Crippen LogP) is 3.27. The second-order valence-electron chi connectivity index (χ2n) is 7.00. The minimum atomic E-state index is -0.472. The molecule has 4 aromatic rings. The minimum absolute atomic E-state index is 0.168. The van der Waals surface area contributed by atoms with Crippen LogP contribution in [0.2, 0.25) is 0 Å². The third kappa shape index (κ3) is 2.34. The van der Waals surface area contributed by atoms with Gasteiger partial charge in [-0.2, -0.15) is 0 Å². The molecule has 142 valence electrons. The van der Waals surface area contributed by atoms with Crippen LogP contribution in [-0.4, -0.2) is 19.9 Å². The average Bonchev–Trinajstić information content (AvgIpc) is 3.02. The van der Waals surface area contributed by atoms with Gasteiger partial charge in [0.25, 0.3) is 5.56 Å². The summed E-state index contributed by atoms with van der Waals surface area (Å²) >= 11 is 3.42. The molecule has 2 heterocycles. The van der Waals surface area contributed by atoms with Gasteiger partial charge in [0.15, 0.2) is 11.4 Å². The first-order valence-electron chi connectivity index (χ1n) is 8.94. The number of fused-ring (bicyclic) bond motifs is 4. The van der Waals surface area contributed by atoms with Crippen LogP contribution in [0.15, 0.2) is 62.6 Å². The van der Waals surface area contributed by atoms with Crippen molar-refractivity contribution in [2.75, 3.05) is 0 Å². The zero-order chi connectivity index (χ0) is 20.4. The molecule has 0 bridgehead atoms. The number of carbonyl (C=O) groups is 1. The minimum Gasteiger partial charge on any atom is -0.288 e. The van der Waals surface area contributed by atoms with Crippen LogP contribution >= 0.6 is 15.9 Å². The van der Waals surface area contributed by atoms with E-state index in [4.69, 9.17) is 0 Å². The highest BCUT2D eigenvalue weighted by molar-refractivity contribution is 9.10. The van der Waals surface area contributed by atoms with Crippen molar-refractivity contribution >= 4 is 32.7 Å². The van der Waals surface area contributed by atoms with Crippen molar-refractivity contribution in [2.45, 2.75) is 0 Å². The third-order valence-corrected chi connectivity index (χ3v) is 5.90. The molecule has 1 aliphatic carbocycles. The molecule has 6 nitrogen and oxygen atoms in total. The summed E-state index contributed by atoms with van der Waals surface area (Å²) in [4.78, 5) is 43.6. The number of hydrogen-bond donors (Lipinski definition) is 0. The van der Waals surface area contributed by atoms with Crippen LogP contribution in [0.5, 0.6) is 0 Å². The van der Waals surface area contributed by atoms with Crippen LogP contribution < -0.4 is 11.2 Å². The maximum absolute atomic E-state index is 13.3. The van der Waals surface area contributed by atoms with E-state index in [0.717, 1.165) is 9.04 Å². The summed E-state index contributed by atoms with van der Waals surface area (Å²) < 4.78 is 3.28. The van der Waals surface area contributed by atoms with E-state index in [-0.39, 0.29) is 16.8 Å². The van der Waals surface area contributed by atoms with Crippen molar-refractivity contribution in [1.29, 1.82) is 0 Å². The first-order chi connectivity index (χ1) is 13.9. The van der Waals surface area contributed by atoms with E-state index in [2.05, 4.69) is 20.9 Å². The number of aromatic nitrogens is 3. The highest BCUT2D eigenvalue weighted by Crippen LogP contribution is 2.42. The fraction of sp³-hybridized carbons (Fsp3) is 0.0909. The Labute approximate surface area is 173 Å². The number of benzene rings is 2. The van der Waals surface area contributed by atoms with Gasteiger partial charge in [0, 0.05) is 35.3 Å². The molecule has 1 aliphatic rings. The standard InChI is InChI=1S/C22H14BrN3O3/c1-25-20-17(21(28)26(2)22(25)29)15(11-7-9-12(23)10-8-11)16-18(24-20)13-5-3-4-6-14(13)19(16)27/h3-10H,1-2H3. The van der Waals surface area contributed by atoms with E-state index in [1.165, 1.54) is 11.6 Å². The highest BCUT2D eigenvalue weighted by atomic mass is 79.9. The van der Waals surface area contributed by atoms with Gasteiger partial charge in [-0.1, -0.05) is 52.3 Å². The number of pyridine rings is 1. The molecule has 5 rings (SSSR count). The van der Waals surface area contributed by atoms with Gasteiger partial charge in [-0.05, 0) is 17.7 Å². The van der Waals surface area contributed by atoms with Gasteiger partial charge < -0.3 is 0 Å². The van der Waals surface area contributed by atoms with Crippen LogP contribution in [0.1, 0.15) is 15.9 Å². The molecule has 0 saturated carbocycles. The smallest absolute Gasteiger partial charge is 0.288 e. The summed E-state index contributed by atoms with van der Waals surface area (Å²) in [6, 6.07) is 14.6. The Morgan fingerprint density at radius 1 is 0.828 bits per heavy atom. The molecule has 0 amide bonds. The molecule has 0 aliphatic heterocycles. The molecule has 2 aromatic carbocycles. The highest BCUT2D eigenvalue weighted by Gasteiger charge is 2.34. The van der Waals surface area contributed by atoms with E-state index >= 15 is 0 Å². The average molecular weight is 448 g/mol. The van der Waals surface area contributed by atoms with Crippen LogP contribution in [0.4, 0.5) is 0 Å². The summed E-state index contributed by atoms with van der Waals surface area (Å²) in [6.07, 6.45) is 0. The normalized spacial score (nSPS) is 12.3. The maximum Gasteiger partial charge on any atom is 0.332 e. The van der Waals surface area contributed by atoms with Crippen LogP contribution in [-0.2, 0) is 14.1 Å². The number of halogens is 1. The molecule has 0 fully saturated rings. The molecule has 0 unspecified atom stereocenters. The quantitative estimate of drug-likeness (QED) is 0.395. The second kappa shape index (κ2) is 6.09. The lowest BCUT2D eigenvalue weighted by Gasteiger charge is -2.14. The van der Waals surface area contributed by atoms with E-state index < -0.39 is 11.2 Å². The lowest BCUT2D eigenvalue weighted by Crippen LogP contribution is -2.37. The van der Waals surface area contributed by atoms with Gasteiger partial charge in [-0.25, -0.2) is 9.78 Å². The SMILES string of the molecule is Cn1c(=O)c2c(-c3ccc(Br)cc3)c3c(nc2n(C)c1=O)-c1ccccc1C3=O. The summed E-state index contributed by atoms with van der Waals surface area (Å²) in [5, 5.41) is 0.261.